The summed E-state index contributed by atoms with van der Waals surface area (Å²) >= 11 is 0. The highest BCUT2D eigenvalue weighted by Gasteiger charge is 2.19. The standard InChI is InChI=1S/C23H24FN3O2/c24-18-10-8-17(9-11-18)19-12-13-20-22(26-19)27(15-16-5-2-1-3-6-16)23(29)21(25-20)7-4-14-28/h8-14,16H,1-7,15H2. The summed E-state index contributed by atoms with van der Waals surface area (Å²) in [6.45, 7) is 0.617. The minimum atomic E-state index is -0.301. The maximum absolute atomic E-state index is 13.3. The van der Waals surface area contributed by atoms with Crippen molar-refractivity contribution in [2.24, 2.45) is 5.92 Å². The average molecular weight is 393 g/mol. The lowest BCUT2D eigenvalue weighted by Crippen LogP contribution is -2.30. The number of hydrogen-bond acceptors (Lipinski definition) is 4. The summed E-state index contributed by atoms with van der Waals surface area (Å²) < 4.78 is 15.0. The lowest BCUT2D eigenvalue weighted by atomic mass is 9.89. The van der Waals surface area contributed by atoms with Gasteiger partial charge in [0.25, 0.3) is 5.56 Å². The van der Waals surface area contributed by atoms with Gasteiger partial charge in [0.15, 0.2) is 5.65 Å². The van der Waals surface area contributed by atoms with Crippen molar-refractivity contribution in [3.05, 3.63) is 58.3 Å². The Morgan fingerprint density at radius 2 is 1.79 bits per heavy atom. The second kappa shape index (κ2) is 8.64. The molecule has 0 bridgehead atoms. The van der Waals surface area contributed by atoms with Gasteiger partial charge in [0.05, 0.1) is 5.69 Å². The molecule has 0 spiro atoms. The molecule has 5 nitrogen and oxygen atoms in total. The number of aryl methyl sites for hydroxylation is 1. The third kappa shape index (κ3) is 4.26. The number of rotatable bonds is 6. The Balaban J connectivity index is 1.82. The van der Waals surface area contributed by atoms with Crippen LogP contribution in [-0.4, -0.2) is 20.8 Å². The number of aldehydes is 1. The van der Waals surface area contributed by atoms with Gasteiger partial charge in [-0.1, -0.05) is 19.3 Å². The molecular weight excluding hydrogens is 369 g/mol. The van der Waals surface area contributed by atoms with E-state index < -0.39 is 0 Å². The van der Waals surface area contributed by atoms with Crippen LogP contribution in [0.3, 0.4) is 0 Å². The van der Waals surface area contributed by atoms with E-state index in [0.29, 0.717) is 41.4 Å². The quantitative estimate of drug-likeness (QED) is 0.586. The molecule has 150 valence electrons. The van der Waals surface area contributed by atoms with E-state index in [0.717, 1.165) is 24.7 Å². The molecule has 3 aromatic rings. The largest absolute Gasteiger partial charge is 0.303 e. The molecule has 0 aliphatic heterocycles. The molecule has 1 aliphatic rings. The predicted molar refractivity (Wildman–Crippen MR) is 110 cm³/mol. The molecule has 0 radical (unpaired) electrons. The van der Waals surface area contributed by atoms with Crippen molar-refractivity contribution in [2.75, 3.05) is 0 Å². The van der Waals surface area contributed by atoms with Crippen LogP contribution < -0.4 is 5.56 Å². The summed E-state index contributed by atoms with van der Waals surface area (Å²) in [5.41, 5.74) is 2.92. The van der Waals surface area contributed by atoms with Gasteiger partial charge in [-0.15, -0.1) is 0 Å². The molecular formula is C23H24FN3O2. The molecule has 0 atom stereocenters. The highest BCUT2D eigenvalue weighted by atomic mass is 19.1. The number of carbonyl (C=O) groups is 1. The van der Waals surface area contributed by atoms with Gasteiger partial charge in [0, 0.05) is 24.9 Å². The molecule has 2 aromatic heterocycles. The summed E-state index contributed by atoms with van der Waals surface area (Å²) in [5.74, 6) is 0.146. The Labute approximate surface area is 168 Å². The number of nitrogens with zero attached hydrogens (tertiary/aromatic N) is 3. The van der Waals surface area contributed by atoms with Crippen LogP contribution in [0.2, 0.25) is 0 Å². The molecule has 1 fully saturated rings. The van der Waals surface area contributed by atoms with Crippen LogP contribution in [0, 0.1) is 11.7 Å². The Morgan fingerprint density at radius 1 is 1.03 bits per heavy atom. The topological polar surface area (TPSA) is 64.8 Å². The van der Waals surface area contributed by atoms with Crippen molar-refractivity contribution in [1.29, 1.82) is 0 Å². The van der Waals surface area contributed by atoms with Gasteiger partial charge in [0.2, 0.25) is 0 Å². The molecule has 0 amide bonds. The molecule has 1 saturated carbocycles. The maximum atomic E-state index is 13.3. The van der Waals surface area contributed by atoms with Crippen molar-refractivity contribution in [3.63, 3.8) is 0 Å². The Bertz CT molecular complexity index is 1070. The summed E-state index contributed by atoms with van der Waals surface area (Å²) in [7, 11) is 0. The van der Waals surface area contributed by atoms with E-state index in [1.165, 1.54) is 31.4 Å². The third-order valence-corrected chi connectivity index (χ3v) is 5.66. The highest BCUT2D eigenvalue weighted by molar-refractivity contribution is 5.75. The number of halogens is 1. The van der Waals surface area contributed by atoms with Crippen LogP contribution in [-0.2, 0) is 17.8 Å². The summed E-state index contributed by atoms with van der Waals surface area (Å²) in [6.07, 6.45) is 7.27. The van der Waals surface area contributed by atoms with Gasteiger partial charge in [-0.3, -0.25) is 9.36 Å². The molecule has 1 aromatic carbocycles. The predicted octanol–water partition coefficient (Wildman–Crippen LogP) is 4.31. The second-order valence-corrected chi connectivity index (χ2v) is 7.73. The van der Waals surface area contributed by atoms with E-state index in [-0.39, 0.29) is 17.8 Å². The van der Waals surface area contributed by atoms with Crippen LogP contribution in [0.4, 0.5) is 4.39 Å². The number of carbonyl (C=O) groups excluding carboxylic acids is 1. The van der Waals surface area contributed by atoms with E-state index in [1.54, 1.807) is 16.7 Å². The van der Waals surface area contributed by atoms with Crippen molar-refractivity contribution in [3.8, 4) is 11.3 Å². The molecule has 6 heteroatoms. The first-order valence-corrected chi connectivity index (χ1v) is 10.3. The number of benzene rings is 1. The van der Waals surface area contributed by atoms with Gasteiger partial charge in [-0.25, -0.2) is 14.4 Å². The first-order valence-electron chi connectivity index (χ1n) is 10.3. The fourth-order valence-corrected chi connectivity index (χ4v) is 4.11. The summed E-state index contributed by atoms with van der Waals surface area (Å²) in [6, 6.07) is 9.84. The van der Waals surface area contributed by atoms with Crippen molar-refractivity contribution in [2.45, 2.75) is 51.5 Å². The van der Waals surface area contributed by atoms with E-state index in [1.807, 2.05) is 12.1 Å². The molecule has 0 N–H and O–H groups in total. The second-order valence-electron chi connectivity index (χ2n) is 7.73. The SMILES string of the molecule is O=CCCc1nc2ccc(-c3ccc(F)cc3)nc2n(CC2CCCCC2)c1=O. The Hall–Kier alpha value is -2.89. The fourth-order valence-electron chi connectivity index (χ4n) is 4.11. The normalized spacial score (nSPS) is 14.9. The fraction of sp³-hybridized carbons (Fsp3) is 0.391. The van der Waals surface area contributed by atoms with E-state index in [2.05, 4.69) is 4.98 Å². The van der Waals surface area contributed by atoms with E-state index in [4.69, 9.17) is 4.98 Å². The monoisotopic (exact) mass is 393 g/mol. The van der Waals surface area contributed by atoms with Gasteiger partial charge in [0.1, 0.15) is 23.3 Å². The minimum absolute atomic E-state index is 0.159. The first kappa shape index (κ1) is 19.4. The number of hydrogen-bond donors (Lipinski definition) is 0. The van der Waals surface area contributed by atoms with Gasteiger partial charge in [-0.05, 0) is 55.2 Å². The van der Waals surface area contributed by atoms with Crippen LogP contribution in [0.5, 0.6) is 0 Å². The van der Waals surface area contributed by atoms with Crippen molar-refractivity contribution in [1.82, 2.24) is 14.5 Å². The zero-order chi connectivity index (χ0) is 20.2. The lowest BCUT2D eigenvalue weighted by Gasteiger charge is -2.23. The maximum Gasteiger partial charge on any atom is 0.273 e. The molecule has 29 heavy (non-hydrogen) atoms. The average Bonchev–Trinajstić information content (AvgIpc) is 2.75. The first-order chi connectivity index (χ1) is 14.2. The number of pyridine rings is 1. The Kier molecular flexibility index (Phi) is 5.79. The smallest absolute Gasteiger partial charge is 0.273 e. The highest BCUT2D eigenvalue weighted by Crippen LogP contribution is 2.26. The van der Waals surface area contributed by atoms with Crippen LogP contribution in [0.25, 0.3) is 22.4 Å². The molecule has 2 heterocycles. The zero-order valence-corrected chi connectivity index (χ0v) is 16.3. The molecule has 1 aliphatic carbocycles. The lowest BCUT2D eigenvalue weighted by molar-refractivity contribution is -0.107. The van der Waals surface area contributed by atoms with E-state index in [9.17, 15) is 14.0 Å². The molecule has 4 rings (SSSR count). The van der Waals surface area contributed by atoms with Crippen LogP contribution in [0.1, 0.15) is 44.2 Å². The van der Waals surface area contributed by atoms with Gasteiger partial charge in [-0.2, -0.15) is 0 Å². The Morgan fingerprint density at radius 3 is 2.52 bits per heavy atom. The number of aromatic nitrogens is 3. The minimum Gasteiger partial charge on any atom is -0.303 e. The summed E-state index contributed by atoms with van der Waals surface area (Å²) in [5, 5.41) is 0. The van der Waals surface area contributed by atoms with Crippen LogP contribution >= 0.6 is 0 Å². The van der Waals surface area contributed by atoms with Gasteiger partial charge >= 0.3 is 0 Å². The van der Waals surface area contributed by atoms with Crippen LogP contribution in [0.15, 0.2) is 41.2 Å². The zero-order valence-electron chi connectivity index (χ0n) is 16.3. The van der Waals surface area contributed by atoms with Crippen molar-refractivity contribution < 1.29 is 9.18 Å². The van der Waals surface area contributed by atoms with Crippen molar-refractivity contribution >= 4 is 17.5 Å². The van der Waals surface area contributed by atoms with E-state index >= 15 is 0 Å². The molecule has 0 saturated heterocycles. The van der Waals surface area contributed by atoms with Gasteiger partial charge < -0.3 is 4.79 Å². The molecule has 0 unspecified atom stereocenters. The summed E-state index contributed by atoms with van der Waals surface area (Å²) in [4.78, 5) is 33.2. The third-order valence-electron chi connectivity index (χ3n) is 5.66. The number of fused-ring (bicyclic) bond motifs is 1.